The summed E-state index contributed by atoms with van der Waals surface area (Å²) in [5.74, 6) is 0.845. The van der Waals surface area contributed by atoms with Crippen LogP contribution in [0.2, 0.25) is 0 Å². The van der Waals surface area contributed by atoms with Gasteiger partial charge in [0, 0.05) is 11.8 Å². The number of rotatable bonds is 4. The Bertz CT molecular complexity index is 764. The van der Waals surface area contributed by atoms with E-state index in [-0.39, 0.29) is 0 Å². The molecule has 0 saturated carbocycles. The first kappa shape index (κ1) is 12.8. The van der Waals surface area contributed by atoms with Crippen molar-refractivity contribution in [2.75, 3.05) is 7.11 Å². The van der Waals surface area contributed by atoms with E-state index in [0.29, 0.717) is 5.69 Å². The van der Waals surface area contributed by atoms with Crippen molar-refractivity contribution in [1.82, 2.24) is 4.98 Å². The molecule has 100 valence electrons. The van der Waals surface area contributed by atoms with E-state index in [1.54, 1.807) is 12.5 Å². The van der Waals surface area contributed by atoms with Gasteiger partial charge in [-0.1, -0.05) is 24.3 Å². The Morgan fingerprint density at radius 2 is 2.20 bits per heavy atom. The average molecular weight is 283 g/mol. The number of ether oxygens (including phenoxy) is 1. The van der Waals surface area contributed by atoms with Gasteiger partial charge >= 0.3 is 0 Å². The van der Waals surface area contributed by atoms with Crippen LogP contribution >= 0.6 is 11.3 Å². The maximum atomic E-state index is 10.7. The number of fused-ring (bicyclic) bond motifs is 1. The summed E-state index contributed by atoms with van der Waals surface area (Å²) in [6.07, 6.45) is 1.51. The number of hydrogen-bond acceptors (Lipinski definition) is 4. The zero-order valence-corrected chi connectivity index (χ0v) is 11.8. The van der Waals surface area contributed by atoms with Gasteiger partial charge in [-0.05, 0) is 28.5 Å². The van der Waals surface area contributed by atoms with Crippen molar-refractivity contribution >= 4 is 28.4 Å². The van der Waals surface area contributed by atoms with Crippen LogP contribution in [0.4, 0.5) is 0 Å². The second-order valence-corrected chi connectivity index (χ2v) is 5.41. The largest absolute Gasteiger partial charge is 0.497 e. The smallest absolute Gasteiger partial charge is 0.169 e. The number of nitrogens with zero attached hydrogens (tertiary/aromatic N) is 1. The van der Waals surface area contributed by atoms with Crippen molar-refractivity contribution in [3.8, 4) is 5.75 Å². The molecule has 0 unspecified atom stereocenters. The Hall–Kier alpha value is -2.20. The minimum Gasteiger partial charge on any atom is -0.497 e. The van der Waals surface area contributed by atoms with Gasteiger partial charge in [0.05, 0.1) is 12.1 Å². The van der Waals surface area contributed by atoms with E-state index >= 15 is 0 Å². The third kappa shape index (κ3) is 2.42. The molecular weight excluding hydrogens is 270 g/mol. The predicted octanol–water partition coefficient (Wildman–Crippen LogP) is 3.71. The highest BCUT2D eigenvalue weighted by Crippen LogP contribution is 2.26. The van der Waals surface area contributed by atoms with Crippen LogP contribution in [0.25, 0.3) is 10.8 Å². The van der Waals surface area contributed by atoms with E-state index in [1.807, 2.05) is 18.2 Å². The second kappa shape index (κ2) is 5.43. The Kier molecular flexibility index (Phi) is 3.48. The molecule has 1 heterocycles. The molecule has 0 atom stereocenters. The van der Waals surface area contributed by atoms with Crippen LogP contribution in [-0.4, -0.2) is 18.4 Å². The molecule has 3 aromatic rings. The van der Waals surface area contributed by atoms with Crippen LogP contribution in [0.1, 0.15) is 21.1 Å². The van der Waals surface area contributed by atoms with Crippen molar-refractivity contribution < 1.29 is 9.53 Å². The standard InChI is InChI=1S/C16H13NO2S/c1-19-14-6-5-11-3-2-4-12(15(11)8-14)7-16-17-13(9-18)10-20-16/h2-6,8-10H,7H2,1H3. The predicted molar refractivity (Wildman–Crippen MR) is 80.8 cm³/mol. The minimum absolute atomic E-state index is 0.503. The van der Waals surface area contributed by atoms with Gasteiger partial charge < -0.3 is 4.74 Å². The van der Waals surface area contributed by atoms with Gasteiger partial charge in [-0.15, -0.1) is 11.3 Å². The average Bonchev–Trinajstić information content (AvgIpc) is 2.95. The fourth-order valence-electron chi connectivity index (χ4n) is 2.22. The molecule has 0 aliphatic carbocycles. The number of methoxy groups -OCH3 is 1. The molecule has 4 heteroatoms. The van der Waals surface area contributed by atoms with Crippen LogP contribution in [-0.2, 0) is 6.42 Å². The summed E-state index contributed by atoms with van der Waals surface area (Å²) in [5.41, 5.74) is 1.69. The maximum absolute atomic E-state index is 10.7. The summed E-state index contributed by atoms with van der Waals surface area (Å²) < 4.78 is 5.29. The van der Waals surface area contributed by atoms with Gasteiger partial charge in [-0.3, -0.25) is 4.79 Å². The zero-order chi connectivity index (χ0) is 13.9. The molecular formula is C16H13NO2S. The summed E-state index contributed by atoms with van der Waals surface area (Å²) in [5, 5.41) is 5.07. The Morgan fingerprint density at radius 3 is 2.95 bits per heavy atom. The third-order valence-corrected chi connectivity index (χ3v) is 4.08. The fourth-order valence-corrected chi connectivity index (χ4v) is 2.98. The van der Waals surface area contributed by atoms with E-state index < -0.39 is 0 Å². The number of carbonyl (C=O) groups is 1. The van der Waals surface area contributed by atoms with Crippen molar-refractivity contribution in [3.05, 3.63) is 58.0 Å². The summed E-state index contributed by atoms with van der Waals surface area (Å²) in [7, 11) is 1.67. The molecule has 3 rings (SSSR count). The molecule has 0 saturated heterocycles. The number of aldehydes is 1. The lowest BCUT2D eigenvalue weighted by Crippen LogP contribution is -1.91. The van der Waals surface area contributed by atoms with E-state index in [1.165, 1.54) is 22.3 Å². The molecule has 2 aromatic carbocycles. The molecule has 0 radical (unpaired) electrons. The maximum Gasteiger partial charge on any atom is 0.169 e. The summed E-state index contributed by atoms with van der Waals surface area (Å²) >= 11 is 1.51. The molecule has 0 spiro atoms. The molecule has 1 aromatic heterocycles. The summed E-state index contributed by atoms with van der Waals surface area (Å²) in [4.78, 5) is 15.0. The van der Waals surface area contributed by atoms with E-state index in [0.717, 1.165) is 28.9 Å². The highest BCUT2D eigenvalue weighted by Gasteiger charge is 2.07. The van der Waals surface area contributed by atoms with Crippen molar-refractivity contribution in [2.24, 2.45) is 0 Å². The third-order valence-electron chi connectivity index (χ3n) is 3.21. The molecule has 3 nitrogen and oxygen atoms in total. The van der Waals surface area contributed by atoms with Gasteiger partial charge in [-0.2, -0.15) is 0 Å². The first-order chi connectivity index (χ1) is 9.80. The summed E-state index contributed by atoms with van der Waals surface area (Å²) in [6, 6.07) is 12.3. The number of carbonyl (C=O) groups excluding carboxylic acids is 1. The number of hydrogen-bond donors (Lipinski definition) is 0. The SMILES string of the molecule is COc1ccc2cccc(Cc3nc(C=O)cs3)c2c1. The van der Waals surface area contributed by atoms with Gasteiger partial charge in [0.2, 0.25) is 0 Å². The molecule has 0 amide bonds. The van der Waals surface area contributed by atoms with E-state index in [9.17, 15) is 4.79 Å². The Morgan fingerprint density at radius 1 is 1.30 bits per heavy atom. The summed E-state index contributed by atoms with van der Waals surface area (Å²) in [6.45, 7) is 0. The molecule has 0 bridgehead atoms. The first-order valence-corrected chi connectivity index (χ1v) is 7.13. The van der Waals surface area contributed by atoms with Crippen molar-refractivity contribution in [3.63, 3.8) is 0 Å². The topological polar surface area (TPSA) is 39.2 Å². The number of thiazole rings is 1. The zero-order valence-electron chi connectivity index (χ0n) is 11.0. The normalized spacial score (nSPS) is 10.7. The van der Waals surface area contributed by atoms with Crippen LogP contribution in [0.5, 0.6) is 5.75 Å². The van der Waals surface area contributed by atoms with Gasteiger partial charge in [0.1, 0.15) is 11.4 Å². The lowest BCUT2D eigenvalue weighted by Gasteiger charge is -2.07. The molecule has 0 fully saturated rings. The highest BCUT2D eigenvalue weighted by atomic mass is 32.1. The molecule has 20 heavy (non-hydrogen) atoms. The van der Waals surface area contributed by atoms with E-state index in [4.69, 9.17) is 4.74 Å². The first-order valence-electron chi connectivity index (χ1n) is 6.25. The second-order valence-electron chi connectivity index (χ2n) is 4.46. The Labute approximate surface area is 120 Å². The van der Waals surface area contributed by atoms with Crippen molar-refractivity contribution in [1.29, 1.82) is 0 Å². The fraction of sp³-hybridized carbons (Fsp3) is 0.125. The van der Waals surface area contributed by atoms with Gasteiger partial charge in [0.25, 0.3) is 0 Å². The van der Waals surface area contributed by atoms with E-state index in [2.05, 4.69) is 23.2 Å². The monoisotopic (exact) mass is 283 g/mol. The van der Waals surface area contributed by atoms with Crippen LogP contribution in [0.3, 0.4) is 0 Å². The Balaban J connectivity index is 2.03. The molecule has 0 aliphatic rings. The molecule has 0 N–H and O–H groups in total. The van der Waals surface area contributed by atoms with Crippen molar-refractivity contribution in [2.45, 2.75) is 6.42 Å². The number of benzene rings is 2. The van der Waals surface area contributed by atoms with Crippen LogP contribution in [0.15, 0.2) is 41.8 Å². The minimum atomic E-state index is 0.503. The quantitative estimate of drug-likeness (QED) is 0.685. The molecule has 0 aliphatic heterocycles. The lowest BCUT2D eigenvalue weighted by atomic mass is 10.0. The van der Waals surface area contributed by atoms with Gasteiger partial charge in [0.15, 0.2) is 6.29 Å². The lowest BCUT2D eigenvalue weighted by molar-refractivity contribution is 0.111. The van der Waals surface area contributed by atoms with Crippen LogP contribution < -0.4 is 4.74 Å². The van der Waals surface area contributed by atoms with Crippen LogP contribution in [0, 0.1) is 0 Å². The van der Waals surface area contributed by atoms with Gasteiger partial charge in [-0.25, -0.2) is 4.98 Å². The highest BCUT2D eigenvalue weighted by molar-refractivity contribution is 7.09. The number of aromatic nitrogens is 1.